The zero-order valence-corrected chi connectivity index (χ0v) is 20.7. The number of sulfonamides is 1. The number of aryl methyl sites for hydroxylation is 2. The summed E-state index contributed by atoms with van der Waals surface area (Å²) in [6.07, 6.45) is 1.12. The summed E-state index contributed by atoms with van der Waals surface area (Å²) in [7, 11) is -3.49. The fraction of sp³-hybridized carbons (Fsp3) is 0.269. The Morgan fingerprint density at radius 2 is 1.66 bits per heavy atom. The van der Waals surface area contributed by atoms with E-state index in [1.807, 2.05) is 26.0 Å². The van der Waals surface area contributed by atoms with Crippen LogP contribution in [-0.2, 0) is 21.2 Å². The minimum atomic E-state index is -3.49. The predicted molar refractivity (Wildman–Crippen MR) is 138 cm³/mol. The molecule has 4 N–H and O–H groups in total. The van der Waals surface area contributed by atoms with Crippen molar-refractivity contribution in [1.82, 2.24) is 5.43 Å². The normalized spacial score (nSPS) is 11.0. The second-order valence-electron chi connectivity index (χ2n) is 8.30. The van der Waals surface area contributed by atoms with Crippen molar-refractivity contribution in [2.75, 3.05) is 22.5 Å². The summed E-state index contributed by atoms with van der Waals surface area (Å²) in [6, 6.07) is 19.1. The van der Waals surface area contributed by atoms with Crippen molar-refractivity contribution in [1.29, 1.82) is 0 Å². The lowest BCUT2D eigenvalue weighted by Crippen LogP contribution is -2.30. The number of ether oxygens (including phenoxy) is 1. The second-order valence-corrected chi connectivity index (χ2v) is 10.1. The van der Waals surface area contributed by atoms with Gasteiger partial charge in [0.05, 0.1) is 24.5 Å². The molecule has 0 aliphatic carbocycles. The van der Waals surface area contributed by atoms with Gasteiger partial charge in [-0.15, -0.1) is 0 Å². The number of benzene rings is 3. The maximum atomic E-state index is 12.4. The number of hydrazine groups is 1. The van der Waals surface area contributed by atoms with Gasteiger partial charge in [-0.2, -0.15) is 0 Å². The van der Waals surface area contributed by atoms with Gasteiger partial charge >= 0.3 is 0 Å². The number of anilines is 2. The summed E-state index contributed by atoms with van der Waals surface area (Å²) < 4.78 is 33.1. The SMILES string of the molecule is Cc1ccc(OCCCCS(=O)(=O)Nc2ccc(NNC(=O)Cc3ccccc3O)cc2)c(C)c1. The van der Waals surface area contributed by atoms with Gasteiger partial charge in [0.25, 0.3) is 0 Å². The van der Waals surface area contributed by atoms with Gasteiger partial charge in [-0.1, -0.05) is 35.9 Å². The molecule has 0 radical (unpaired) electrons. The van der Waals surface area contributed by atoms with Crippen molar-refractivity contribution in [3.8, 4) is 11.5 Å². The van der Waals surface area contributed by atoms with Crippen LogP contribution >= 0.6 is 0 Å². The number of hydrogen-bond acceptors (Lipinski definition) is 6. The number of unbranched alkanes of at least 4 members (excludes halogenated alkanes) is 1. The van der Waals surface area contributed by atoms with Crippen molar-refractivity contribution in [3.63, 3.8) is 0 Å². The van der Waals surface area contributed by atoms with E-state index in [0.29, 0.717) is 36.4 Å². The molecule has 0 spiro atoms. The van der Waals surface area contributed by atoms with E-state index >= 15 is 0 Å². The van der Waals surface area contributed by atoms with E-state index in [1.165, 1.54) is 11.6 Å². The number of hydrogen-bond donors (Lipinski definition) is 4. The Morgan fingerprint density at radius 3 is 2.37 bits per heavy atom. The molecule has 35 heavy (non-hydrogen) atoms. The molecule has 0 atom stereocenters. The Kier molecular flexibility index (Phi) is 8.97. The molecule has 186 valence electrons. The van der Waals surface area contributed by atoms with E-state index in [1.54, 1.807) is 42.5 Å². The van der Waals surface area contributed by atoms with E-state index in [9.17, 15) is 18.3 Å². The third-order valence-corrected chi connectivity index (χ3v) is 6.62. The van der Waals surface area contributed by atoms with E-state index in [0.717, 1.165) is 11.3 Å². The lowest BCUT2D eigenvalue weighted by Gasteiger charge is -2.12. The Morgan fingerprint density at radius 1 is 0.943 bits per heavy atom. The Hall–Kier alpha value is -3.72. The molecular formula is C26H31N3O5S. The third-order valence-electron chi connectivity index (χ3n) is 5.24. The molecule has 3 rings (SSSR count). The maximum absolute atomic E-state index is 12.4. The van der Waals surface area contributed by atoms with E-state index in [2.05, 4.69) is 21.6 Å². The van der Waals surface area contributed by atoms with Crippen molar-refractivity contribution in [2.45, 2.75) is 33.1 Å². The van der Waals surface area contributed by atoms with Gasteiger partial charge in [0.2, 0.25) is 15.9 Å². The number of carbonyl (C=O) groups is 1. The molecule has 0 aliphatic rings. The number of aromatic hydroxyl groups is 1. The minimum Gasteiger partial charge on any atom is -0.508 e. The highest BCUT2D eigenvalue weighted by Gasteiger charge is 2.11. The van der Waals surface area contributed by atoms with E-state index in [4.69, 9.17) is 4.74 Å². The number of rotatable bonds is 12. The molecule has 0 aliphatic heterocycles. The quantitative estimate of drug-likeness (QED) is 0.219. The summed E-state index contributed by atoms with van der Waals surface area (Å²) in [5.41, 5.74) is 9.09. The van der Waals surface area contributed by atoms with Gasteiger partial charge in [0.1, 0.15) is 11.5 Å². The monoisotopic (exact) mass is 497 g/mol. The van der Waals surface area contributed by atoms with Crippen LogP contribution in [0.4, 0.5) is 11.4 Å². The fourth-order valence-corrected chi connectivity index (χ4v) is 4.59. The van der Waals surface area contributed by atoms with Crippen molar-refractivity contribution in [3.05, 3.63) is 83.4 Å². The van der Waals surface area contributed by atoms with Crippen LogP contribution in [0.2, 0.25) is 0 Å². The van der Waals surface area contributed by atoms with Gasteiger partial charge in [-0.05, 0) is 68.7 Å². The number of para-hydroxylation sites is 1. The van der Waals surface area contributed by atoms with Crippen LogP contribution in [0.5, 0.6) is 11.5 Å². The van der Waals surface area contributed by atoms with Crippen LogP contribution in [0, 0.1) is 13.8 Å². The highest BCUT2D eigenvalue weighted by atomic mass is 32.2. The van der Waals surface area contributed by atoms with Gasteiger partial charge in [-0.3, -0.25) is 20.4 Å². The zero-order chi connectivity index (χ0) is 25.3. The first-order valence-electron chi connectivity index (χ1n) is 11.3. The number of carbonyl (C=O) groups excluding carboxylic acids is 1. The van der Waals surface area contributed by atoms with Crippen LogP contribution in [0.25, 0.3) is 0 Å². The molecule has 0 heterocycles. The van der Waals surface area contributed by atoms with Crippen LogP contribution < -0.4 is 20.3 Å². The maximum Gasteiger partial charge on any atom is 0.242 e. The topological polar surface area (TPSA) is 117 Å². The van der Waals surface area contributed by atoms with Crippen molar-refractivity contribution < 1.29 is 23.1 Å². The Bertz CT molecular complexity index is 1240. The molecule has 0 bridgehead atoms. The summed E-state index contributed by atoms with van der Waals surface area (Å²) in [4.78, 5) is 12.1. The number of nitrogens with one attached hydrogen (secondary N) is 3. The zero-order valence-electron chi connectivity index (χ0n) is 19.9. The molecule has 8 nitrogen and oxygen atoms in total. The lowest BCUT2D eigenvalue weighted by molar-refractivity contribution is -0.120. The average molecular weight is 498 g/mol. The van der Waals surface area contributed by atoms with E-state index < -0.39 is 10.0 Å². The van der Waals surface area contributed by atoms with Crippen LogP contribution in [-0.4, -0.2) is 31.8 Å². The van der Waals surface area contributed by atoms with Gasteiger partial charge in [0.15, 0.2) is 0 Å². The summed E-state index contributed by atoms with van der Waals surface area (Å²) in [5.74, 6) is 0.552. The second kappa shape index (κ2) is 12.1. The van der Waals surface area contributed by atoms with Crippen LogP contribution in [0.1, 0.15) is 29.5 Å². The third kappa shape index (κ3) is 8.53. The standard InChI is InChI=1S/C26H31N3O5S/c1-19-9-14-25(20(2)17-19)34-15-5-6-16-35(32,33)29-23-12-10-22(11-13-23)27-28-26(31)18-21-7-3-4-8-24(21)30/h3-4,7-14,17,27,29-30H,5-6,15-16,18H2,1-2H3,(H,28,31). The Balaban J connectivity index is 1.38. The first-order chi connectivity index (χ1) is 16.7. The minimum absolute atomic E-state index is 0.00830. The molecule has 1 amide bonds. The van der Waals surface area contributed by atoms with Crippen molar-refractivity contribution >= 4 is 27.3 Å². The largest absolute Gasteiger partial charge is 0.508 e. The fourth-order valence-electron chi connectivity index (χ4n) is 3.41. The number of phenolic OH excluding ortho intramolecular Hbond substituents is 1. The van der Waals surface area contributed by atoms with E-state index in [-0.39, 0.29) is 23.8 Å². The summed E-state index contributed by atoms with van der Waals surface area (Å²) in [5, 5.41) is 9.75. The molecule has 0 unspecified atom stereocenters. The molecule has 0 saturated carbocycles. The molecule has 0 fully saturated rings. The highest BCUT2D eigenvalue weighted by Crippen LogP contribution is 2.19. The predicted octanol–water partition coefficient (Wildman–Crippen LogP) is 4.30. The molecule has 3 aromatic carbocycles. The first kappa shape index (κ1) is 25.9. The first-order valence-corrected chi connectivity index (χ1v) is 13.0. The van der Waals surface area contributed by atoms with Crippen molar-refractivity contribution in [2.24, 2.45) is 0 Å². The smallest absolute Gasteiger partial charge is 0.242 e. The molecule has 3 aromatic rings. The molecular weight excluding hydrogens is 466 g/mol. The molecule has 0 saturated heterocycles. The summed E-state index contributed by atoms with van der Waals surface area (Å²) in [6.45, 7) is 4.47. The van der Waals surface area contributed by atoms with Crippen LogP contribution in [0.3, 0.4) is 0 Å². The number of phenols is 1. The van der Waals surface area contributed by atoms with Gasteiger partial charge < -0.3 is 9.84 Å². The summed E-state index contributed by atoms with van der Waals surface area (Å²) >= 11 is 0. The average Bonchev–Trinajstić information content (AvgIpc) is 2.81. The molecule has 9 heteroatoms. The van der Waals surface area contributed by atoms with Gasteiger partial charge in [0, 0.05) is 11.3 Å². The Labute approximate surface area is 206 Å². The lowest BCUT2D eigenvalue weighted by atomic mass is 10.1. The molecule has 0 aromatic heterocycles. The van der Waals surface area contributed by atoms with Gasteiger partial charge in [-0.25, -0.2) is 8.42 Å². The number of amides is 1. The van der Waals surface area contributed by atoms with Crippen LogP contribution in [0.15, 0.2) is 66.7 Å². The highest BCUT2D eigenvalue weighted by molar-refractivity contribution is 7.92.